The first-order valence-corrected chi connectivity index (χ1v) is 6.46. The van der Waals surface area contributed by atoms with Crippen LogP contribution in [-0.4, -0.2) is 10.1 Å². The first-order chi connectivity index (χ1) is 8.84. The summed E-state index contributed by atoms with van der Waals surface area (Å²) in [4.78, 5) is 5.49. The molecule has 0 aliphatic carbocycles. The first-order valence-electron chi connectivity index (χ1n) is 5.64. The molecule has 18 heavy (non-hydrogen) atoms. The van der Waals surface area contributed by atoms with Gasteiger partial charge in [-0.3, -0.25) is 0 Å². The van der Waals surface area contributed by atoms with Crippen molar-refractivity contribution in [3.63, 3.8) is 0 Å². The van der Waals surface area contributed by atoms with Crippen LogP contribution in [0.5, 0.6) is 5.75 Å². The Morgan fingerprint density at radius 3 is 2.39 bits per heavy atom. The van der Waals surface area contributed by atoms with Crippen LogP contribution in [0.1, 0.15) is 0 Å². The Hall–Kier alpha value is -2.13. The summed E-state index contributed by atoms with van der Waals surface area (Å²) in [6.07, 6.45) is 1.85. The molecule has 3 heteroatoms. The number of phenolic OH excluding ortho intramolecular Hbond substituents is 1. The average Bonchev–Trinajstić information content (AvgIpc) is 2.90. The molecule has 3 rings (SSSR count). The second-order valence-electron chi connectivity index (χ2n) is 3.91. The van der Waals surface area contributed by atoms with Crippen molar-refractivity contribution in [1.82, 2.24) is 4.98 Å². The van der Waals surface area contributed by atoms with Crippen molar-refractivity contribution in [1.29, 1.82) is 0 Å². The number of para-hydroxylation sites is 1. The van der Waals surface area contributed by atoms with Crippen molar-refractivity contribution in [2.24, 2.45) is 0 Å². The third kappa shape index (κ3) is 2.00. The molecule has 3 aromatic rings. The molecule has 0 saturated carbocycles. The quantitative estimate of drug-likeness (QED) is 0.743. The predicted molar refractivity (Wildman–Crippen MR) is 74.7 cm³/mol. The molecular weight excluding hydrogens is 242 g/mol. The zero-order valence-corrected chi connectivity index (χ0v) is 10.4. The molecule has 0 fully saturated rings. The molecule has 0 radical (unpaired) electrons. The Morgan fingerprint density at radius 2 is 1.61 bits per heavy atom. The van der Waals surface area contributed by atoms with E-state index in [2.05, 4.69) is 17.1 Å². The molecule has 0 atom stereocenters. The molecule has 0 aliphatic heterocycles. The van der Waals surface area contributed by atoms with Crippen molar-refractivity contribution in [3.05, 3.63) is 60.8 Å². The van der Waals surface area contributed by atoms with Crippen LogP contribution >= 0.6 is 11.3 Å². The van der Waals surface area contributed by atoms with Crippen molar-refractivity contribution in [2.45, 2.75) is 0 Å². The number of aromatic hydroxyl groups is 1. The topological polar surface area (TPSA) is 33.1 Å². The van der Waals surface area contributed by atoms with E-state index in [1.807, 2.05) is 42.6 Å². The summed E-state index contributed by atoms with van der Waals surface area (Å²) in [5.41, 5.74) is 1.93. The van der Waals surface area contributed by atoms with Crippen LogP contribution < -0.4 is 0 Å². The van der Waals surface area contributed by atoms with Gasteiger partial charge in [-0.05, 0) is 17.7 Å². The van der Waals surface area contributed by atoms with E-state index in [9.17, 15) is 5.11 Å². The van der Waals surface area contributed by atoms with Crippen LogP contribution in [0.4, 0.5) is 0 Å². The second-order valence-corrected chi connectivity index (χ2v) is 4.94. The van der Waals surface area contributed by atoms with Gasteiger partial charge in [0, 0.05) is 6.20 Å². The summed E-state index contributed by atoms with van der Waals surface area (Å²) in [7, 11) is 0. The van der Waals surface area contributed by atoms with Crippen LogP contribution in [0.3, 0.4) is 0 Å². The van der Waals surface area contributed by atoms with E-state index in [0.29, 0.717) is 0 Å². The molecule has 0 amide bonds. The lowest BCUT2D eigenvalue weighted by molar-refractivity contribution is 0.477. The molecule has 2 aromatic carbocycles. The highest BCUT2D eigenvalue weighted by Gasteiger charge is 2.09. The van der Waals surface area contributed by atoms with E-state index in [-0.39, 0.29) is 5.75 Å². The Morgan fingerprint density at radius 1 is 0.889 bits per heavy atom. The largest absolute Gasteiger partial charge is 0.507 e. The minimum absolute atomic E-state index is 0.270. The van der Waals surface area contributed by atoms with E-state index in [1.54, 1.807) is 17.4 Å². The smallest absolute Gasteiger partial charge is 0.127 e. The monoisotopic (exact) mass is 253 g/mol. The zero-order chi connectivity index (χ0) is 12.4. The number of aromatic nitrogens is 1. The van der Waals surface area contributed by atoms with Crippen molar-refractivity contribution < 1.29 is 5.11 Å². The molecular formula is C15H11NOS. The Labute approximate surface area is 109 Å². The van der Waals surface area contributed by atoms with Crippen molar-refractivity contribution in [2.75, 3.05) is 0 Å². The zero-order valence-electron chi connectivity index (χ0n) is 9.58. The van der Waals surface area contributed by atoms with Gasteiger partial charge in [0.1, 0.15) is 10.8 Å². The predicted octanol–water partition coefficient (Wildman–Crippen LogP) is 4.18. The first kappa shape index (κ1) is 11.0. The Bertz CT molecular complexity index is 661. The number of phenols is 1. The standard InChI is InChI=1S/C15H11NOS/c17-13-9-5-4-8-12(13)15-16-10-14(18-15)11-6-2-1-3-7-11/h1-10,17H. The molecule has 0 aliphatic rings. The maximum atomic E-state index is 9.81. The molecule has 2 nitrogen and oxygen atoms in total. The number of nitrogens with zero attached hydrogens (tertiary/aromatic N) is 1. The van der Waals surface area contributed by atoms with Gasteiger partial charge in [0.05, 0.1) is 10.4 Å². The number of hydrogen-bond donors (Lipinski definition) is 1. The fourth-order valence-corrected chi connectivity index (χ4v) is 2.74. The van der Waals surface area contributed by atoms with E-state index < -0.39 is 0 Å². The second kappa shape index (κ2) is 4.63. The molecule has 88 valence electrons. The third-order valence-electron chi connectivity index (χ3n) is 2.70. The normalized spacial score (nSPS) is 10.4. The number of hydrogen-bond acceptors (Lipinski definition) is 3. The van der Waals surface area contributed by atoms with Gasteiger partial charge in [0.15, 0.2) is 0 Å². The molecule has 1 aromatic heterocycles. The number of benzene rings is 2. The van der Waals surface area contributed by atoms with Crippen molar-refractivity contribution >= 4 is 11.3 Å². The molecule has 0 unspecified atom stereocenters. The molecule has 1 N–H and O–H groups in total. The summed E-state index contributed by atoms with van der Waals surface area (Å²) < 4.78 is 0. The Balaban J connectivity index is 2.03. The minimum Gasteiger partial charge on any atom is -0.507 e. The van der Waals surface area contributed by atoms with Crippen LogP contribution in [0.25, 0.3) is 21.0 Å². The molecule has 0 spiro atoms. The summed E-state index contributed by atoms with van der Waals surface area (Å²) in [5, 5.41) is 10.7. The van der Waals surface area contributed by atoms with Crippen LogP contribution in [0, 0.1) is 0 Å². The fourth-order valence-electron chi connectivity index (χ4n) is 1.79. The lowest BCUT2D eigenvalue weighted by atomic mass is 10.2. The van der Waals surface area contributed by atoms with E-state index in [0.717, 1.165) is 21.0 Å². The minimum atomic E-state index is 0.270. The molecule has 0 bridgehead atoms. The van der Waals surface area contributed by atoms with E-state index >= 15 is 0 Å². The highest BCUT2D eigenvalue weighted by atomic mass is 32.1. The highest BCUT2D eigenvalue weighted by molar-refractivity contribution is 7.18. The van der Waals surface area contributed by atoms with Crippen LogP contribution in [-0.2, 0) is 0 Å². The lowest BCUT2D eigenvalue weighted by Crippen LogP contribution is -1.75. The fraction of sp³-hybridized carbons (Fsp3) is 0. The molecule has 0 saturated heterocycles. The lowest BCUT2D eigenvalue weighted by Gasteiger charge is -1.98. The van der Waals surface area contributed by atoms with Gasteiger partial charge in [-0.15, -0.1) is 11.3 Å². The summed E-state index contributed by atoms with van der Waals surface area (Å²) >= 11 is 1.58. The van der Waals surface area contributed by atoms with Gasteiger partial charge in [0.2, 0.25) is 0 Å². The number of rotatable bonds is 2. The summed E-state index contributed by atoms with van der Waals surface area (Å²) in [5.74, 6) is 0.270. The molecule has 1 heterocycles. The van der Waals surface area contributed by atoms with Crippen LogP contribution in [0.2, 0.25) is 0 Å². The Kier molecular flexibility index (Phi) is 2.82. The number of thiazole rings is 1. The van der Waals surface area contributed by atoms with Gasteiger partial charge in [0.25, 0.3) is 0 Å². The van der Waals surface area contributed by atoms with Gasteiger partial charge >= 0.3 is 0 Å². The maximum absolute atomic E-state index is 9.81. The van der Waals surface area contributed by atoms with Gasteiger partial charge in [-0.1, -0.05) is 42.5 Å². The van der Waals surface area contributed by atoms with Gasteiger partial charge in [-0.25, -0.2) is 4.98 Å². The van der Waals surface area contributed by atoms with E-state index in [4.69, 9.17) is 0 Å². The third-order valence-corrected chi connectivity index (χ3v) is 3.78. The van der Waals surface area contributed by atoms with Gasteiger partial charge in [-0.2, -0.15) is 0 Å². The summed E-state index contributed by atoms with van der Waals surface area (Å²) in [6.45, 7) is 0. The summed E-state index contributed by atoms with van der Waals surface area (Å²) in [6, 6.07) is 17.4. The van der Waals surface area contributed by atoms with Gasteiger partial charge < -0.3 is 5.11 Å². The highest BCUT2D eigenvalue weighted by Crippen LogP contribution is 2.35. The SMILES string of the molecule is Oc1ccccc1-c1ncc(-c2ccccc2)s1. The maximum Gasteiger partial charge on any atom is 0.127 e. The average molecular weight is 253 g/mol. The van der Waals surface area contributed by atoms with Crippen LogP contribution in [0.15, 0.2) is 60.8 Å². The van der Waals surface area contributed by atoms with E-state index in [1.165, 1.54) is 0 Å². The van der Waals surface area contributed by atoms with Crippen molar-refractivity contribution in [3.8, 4) is 26.8 Å².